The first kappa shape index (κ1) is 24.4. The number of benzene rings is 2. The van der Waals surface area contributed by atoms with Gasteiger partial charge in [-0.2, -0.15) is 0 Å². The van der Waals surface area contributed by atoms with Crippen LogP contribution in [0.1, 0.15) is 39.5 Å². The van der Waals surface area contributed by atoms with Crippen LogP contribution < -0.4 is 14.4 Å². The molecule has 0 bridgehead atoms. The highest BCUT2D eigenvalue weighted by Crippen LogP contribution is 2.43. The zero-order valence-corrected chi connectivity index (χ0v) is 20.3. The SMILES string of the molecule is CCCC[C@]1(CC)CN(c2ccccc2)c2cc(SC)c(OCC(=O)O)cc2S(=O)(=O)N1. The molecule has 0 saturated carbocycles. The van der Waals surface area contributed by atoms with E-state index in [0.29, 0.717) is 30.0 Å². The van der Waals surface area contributed by atoms with Crippen LogP contribution in [0.5, 0.6) is 5.75 Å². The molecule has 2 aromatic carbocycles. The van der Waals surface area contributed by atoms with Gasteiger partial charge in [0.25, 0.3) is 0 Å². The van der Waals surface area contributed by atoms with Gasteiger partial charge in [-0.05, 0) is 37.3 Å². The number of aliphatic carboxylic acids is 1. The van der Waals surface area contributed by atoms with Gasteiger partial charge in [-0.15, -0.1) is 11.8 Å². The molecule has 1 aliphatic heterocycles. The highest BCUT2D eigenvalue weighted by molar-refractivity contribution is 7.98. The van der Waals surface area contributed by atoms with E-state index >= 15 is 0 Å². The number of nitrogens with one attached hydrogen (secondary N) is 1. The number of rotatable bonds is 9. The molecule has 3 rings (SSSR count). The molecule has 0 aliphatic carbocycles. The topological polar surface area (TPSA) is 95.9 Å². The van der Waals surface area contributed by atoms with Gasteiger partial charge in [0.15, 0.2) is 6.61 Å². The van der Waals surface area contributed by atoms with Gasteiger partial charge in [0.05, 0.1) is 16.1 Å². The number of fused-ring (bicyclic) bond motifs is 1. The Morgan fingerprint density at radius 1 is 1.25 bits per heavy atom. The molecule has 0 saturated heterocycles. The summed E-state index contributed by atoms with van der Waals surface area (Å²) in [6, 6.07) is 13.0. The van der Waals surface area contributed by atoms with Crippen LogP contribution in [0.25, 0.3) is 0 Å². The second-order valence-corrected chi connectivity index (χ2v) is 10.4. The summed E-state index contributed by atoms with van der Waals surface area (Å²) in [5, 5.41) is 9.03. The molecule has 0 amide bonds. The molecule has 174 valence electrons. The normalized spacial score (nSPS) is 19.8. The molecule has 0 fully saturated rings. The number of sulfonamides is 1. The van der Waals surface area contributed by atoms with Crippen molar-refractivity contribution in [3.63, 3.8) is 0 Å². The van der Waals surface area contributed by atoms with Gasteiger partial charge in [-0.25, -0.2) is 17.9 Å². The lowest BCUT2D eigenvalue weighted by atomic mass is 9.89. The second-order valence-electron chi connectivity index (χ2n) is 7.92. The smallest absolute Gasteiger partial charge is 0.341 e. The molecule has 0 unspecified atom stereocenters. The Labute approximate surface area is 194 Å². The molecular weight excluding hydrogens is 448 g/mol. The Morgan fingerprint density at radius 2 is 1.97 bits per heavy atom. The molecule has 7 nitrogen and oxygen atoms in total. The van der Waals surface area contributed by atoms with Crippen molar-refractivity contribution >= 4 is 39.1 Å². The summed E-state index contributed by atoms with van der Waals surface area (Å²) in [4.78, 5) is 13.9. The third kappa shape index (κ3) is 5.22. The molecule has 0 aromatic heterocycles. The van der Waals surface area contributed by atoms with Gasteiger partial charge >= 0.3 is 5.97 Å². The molecule has 0 spiro atoms. The number of hydrogen-bond acceptors (Lipinski definition) is 6. The van der Waals surface area contributed by atoms with Crippen molar-refractivity contribution in [3.8, 4) is 5.75 Å². The largest absolute Gasteiger partial charge is 0.481 e. The van der Waals surface area contributed by atoms with Crippen molar-refractivity contribution in [2.45, 2.75) is 54.9 Å². The number of ether oxygens (including phenoxy) is 1. The van der Waals surface area contributed by atoms with Gasteiger partial charge in [0.2, 0.25) is 10.0 Å². The monoisotopic (exact) mass is 478 g/mol. The predicted octanol–water partition coefficient (Wildman–Crippen LogP) is 4.64. The summed E-state index contributed by atoms with van der Waals surface area (Å²) in [6.07, 6.45) is 5.07. The van der Waals surface area contributed by atoms with Crippen molar-refractivity contribution in [1.29, 1.82) is 0 Å². The molecule has 1 heterocycles. The maximum Gasteiger partial charge on any atom is 0.341 e. The van der Waals surface area contributed by atoms with E-state index in [9.17, 15) is 13.2 Å². The van der Waals surface area contributed by atoms with Crippen LogP contribution in [-0.2, 0) is 14.8 Å². The summed E-state index contributed by atoms with van der Waals surface area (Å²) in [5.41, 5.74) is 0.821. The van der Waals surface area contributed by atoms with Crippen molar-refractivity contribution in [3.05, 3.63) is 42.5 Å². The third-order valence-electron chi connectivity index (χ3n) is 5.74. The summed E-state index contributed by atoms with van der Waals surface area (Å²) < 4.78 is 35.6. The Morgan fingerprint density at radius 3 is 2.56 bits per heavy atom. The number of carboxylic acids is 1. The van der Waals surface area contributed by atoms with Crippen molar-refractivity contribution in [1.82, 2.24) is 4.72 Å². The quantitative estimate of drug-likeness (QED) is 0.507. The van der Waals surface area contributed by atoms with Crippen LogP contribution in [0.2, 0.25) is 0 Å². The average Bonchev–Trinajstić information content (AvgIpc) is 2.88. The fourth-order valence-electron chi connectivity index (χ4n) is 3.97. The highest BCUT2D eigenvalue weighted by Gasteiger charge is 2.41. The van der Waals surface area contributed by atoms with Crippen LogP contribution in [0.4, 0.5) is 11.4 Å². The van der Waals surface area contributed by atoms with Gasteiger partial charge in [0.1, 0.15) is 10.6 Å². The van der Waals surface area contributed by atoms with Crippen molar-refractivity contribution < 1.29 is 23.1 Å². The van der Waals surface area contributed by atoms with Crippen LogP contribution in [0.3, 0.4) is 0 Å². The lowest BCUT2D eigenvalue weighted by molar-refractivity contribution is -0.139. The number of hydrogen-bond donors (Lipinski definition) is 2. The molecule has 2 aromatic rings. The number of anilines is 2. The lowest BCUT2D eigenvalue weighted by Gasteiger charge is -2.36. The van der Waals surface area contributed by atoms with Crippen molar-refractivity contribution in [2.75, 3.05) is 24.3 Å². The minimum Gasteiger partial charge on any atom is -0.481 e. The Hall–Kier alpha value is -2.23. The summed E-state index contributed by atoms with van der Waals surface area (Å²) in [5.74, 6) is -0.877. The van der Waals surface area contributed by atoms with Crippen molar-refractivity contribution in [2.24, 2.45) is 0 Å². The van der Waals surface area contributed by atoms with E-state index in [4.69, 9.17) is 9.84 Å². The summed E-state index contributed by atoms with van der Waals surface area (Å²) in [6.45, 7) is 4.04. The molecule has 0 radical (unpaired) electrons. The predicted molar refractivity (Wildman–Crippen MR) is 128 cm³/mol. The fraction of sp³-hybridized carbons (Fsp3) is 0.435. The minimum absolute atomic E-state index is 0.0892. The van der Waals surface area contributed by atoms with Gasteiger partial charge in [-0.3, -0.25) is 0 Å². The molecule has 32 heavy (non-hydrogen) atoms. The summed E-state index contributed by atoms with van der Waals surface area (Å²) in [7, 11) is -3.88. The molecule has 1 atom stereocenters. The van der Waals surface area contributed by atoms with E-state index in [-0.39, 0.29) is 10.6 Å². The Kier molecular flexibility index (Phi) is 7.74. The zero-order valence-electron chi connectivity index (χ0n) is 18.6. The Balaban J connectivity index is 2.23. The third-order valence-corrected chi connectivity index (χ3v) is 8.11. The first-order chi connectivity index (χ1) is 15.2. The van der Waals surface area contributed by atoms with Crippen LogP contribution in [-0.4, -0.2) is 44.4 Å². The van der Waals surface area contributed by atoms with E-state index in [1.807, 2.05) is 48.4 Å². The lowest BCUT2D eigenvalue weighted by Crippen LogP contribution is -2.52. The van der Waals surface area contributed by atoms with E-state index in [2.05, 4.69) is 11.6 Å². The molecule has 1 aliphatic rings. The molecule has 2 N–H and O–H groups in total. The highest BCUT2D eigenvalue weighted by atomic mass is 32.2. The number of carboxylic acid groups (broad SMARTS) is 1. The van der Waals surface area contributed by atoms with E-state index in [1.54, 1.807) is 6.07 Å². The Bertz CT molecular complexity index is 1060. The number of thioether (sulfide) groups is 1. The number of carbonyl (C=O) groups is 1. The van der Waals surface area contributed by atoms with E-state index < -0.39 is 28.1 Å². The average molecular weight is 479 g/mol. The second kappa shape index (κ2) is 10.1. The van der Waals surface area contributed by atoms with E-state index in [1.165, 1.54) is 17.8 Å². The van der Waals surface area contributed by atoms with Gasteiger partial charge in [-0.1, -0.05) is 44.9 Å². The van der Waals surface area contributed by atoms with Crippen LogP contribution in [0, 0.1) is 0 Å². The fourth-order valence-corrected chi connectivity index (χ4v) is 6.22. The van der Waals surface area contributed by atoms with Crippen LogP contribution in [0.15, 0.2) is 52.3 Å². The van der Waals surface area contributed by atoms with Gasteiger partial charge in [0, 0.05) is 18.3 Å². The number of para-hydroxylation sites is 1. The first-order valence-corrected chi connectivity index (χ1v) is 13.4. The molecule has 9 heteroatoms. The zero-order chi connectivity index (χ0) is 23.4. The molecular formula is C23H30N2O5S2. The first-order valence-electron chi connectivity index (χ1n) is 10.7. The number of nitrogens with zero attached hydrogens (tertiary/aromatic N) is 1. The minimum atomic E-state index is -3.88. The maximum absolute atomic E-state index is 13.6. The van der Waals surface area contributed by atoms with E-state index in [0.717, 1.165) is 18.5 Å². The summed E-state index contributed by atoms with van der Waals surface area (Å²) >= 11 is 1.38. The van der Waals surface area contributed by atoms with Crippen LogP contribution >= 0.6 is 11.8 Å². The van der Waals surface area contributed by atoms with Gasteiger partial charge < -0.3 is 14.7 Å². The standard InChI is InChI=1S/C23H30N2O5S2/c1-4-6-12-23(5-2)16-25(17-10-8-7-9-11-17)18-13-20(31-3)19(30-15-22(26)27)14-21(18)32(28,29)24-23/h7-11,13-14,24H,4-6,12,15-16H2,1-3H3,(H,26,27)/t23-/m1/s1. The maximum atomic E-state index is 13.6. The number of unbranched alkanes of at least 4 members (excludes halogenated alkanes) is 1.